The van der Waals surface area contributed by atoms with E-state index in [-0.39, 0.29) is 11.7 Å². The third-order valence-electron chi connectivity index (χ3n) is 4.05. The molecule has 1 rings (SSSR count). The van der Waals surface area contributed by atoms with Crippen LogP contribution >= 0.6 is 0 Å². The number of imide groups is 1. The molecule has 3 amide bonds. The molecule has 1 heterocycles. The number of carbonyl (C=O) groups excluding carboxylic acids is 2. The summed E-state index contributed by atoms with van der Waals surface area (Å²) in [6.45, 7) is 8.43. The Morgan fingerprint density at radius 3 is 1.95 bits per heavy atom. The van der Waals surface area contributed by atoms with Gasteiger partial charge in [0.2, 0.25) is 5.91 Å². The number of hydrogen-bond acceptors (Lipinski definition) is 3. The zero-order chi connectivity index (χ0) is 15.5. The molecule has 0 saturated carbocycles. The van der Waals surface area contributed by atoms with E-state index >= 15 is 0 Å². The minimum absolute atomic E-state index is 0.146. The van der Waals surface area contributed by atoms with Gasteiger partial charge in [0.05, 0.1) is 0 Å². The highest BCUT2D eigenvalue weighted by Gasteiger charge is 2.49. The molecule has 20 heavy (non-hydrogen) atoms. The van der Waals surface area contributed by atoms with E-state index in [0.29, 0.717) is 24.7 Å². The van der Waals surface area contributed by atoms with Crippen molar-refractivity contribution in [2.75, 3.05) is 7.05 Å². The second-order valence-electron chi connectivity index (χ2n) is 6.61. The first-order valence-corrected chi connectivity index (χ1v) is 7.39. The van der Waals surface area contributed by atoms with Crippen LogP contribution in [0.15, 0.2) is 0 Å². The smallest absolute Gasteiger partial charge is 0.287 e. The van der Waals surface area contributed by atoms with E-state index in [0.717, 1.165) is 12.8 Å². The monoisotopic (exact) mass is 281 g/mol. The maximum Gasteiger partial charge on any atom is 0.329 e. The third kappa shape index (κ3) is 3.38. The van der Waals surface area contributed by atoms with Gasteiger partial charge in [0.15, 0.2) is 0 Å². The topological polar surface area (TPSA) is 73.3 Å². The lowest BCUT2D eigenvalue weighted by atomic mass is 9.73. The average molecular weight is 281 g/mol. The van der Waals surface area contributed by atoms with Crippen LogP contribution in [-0.4, -0.2) is 29.7 Å². The van der Waals surface area contributed by atoms with E-state index in [1.165, 1.54) is 4.90 Å². The molecule has 1 aliphatic rings. The molecule has 0 aliphatic carbocycles. The van der Waals surface area contributed by atoms with Crippen LogP contribution in [0, 0.1) is 22.7 Å². The Kier molecular flexibility index (Phi) is 5.31. The van der Waals surface area contributed by atoms with Crippen LogP contribution in [0.2, 0.25) is 0 Å². The molecule has 0 aromatic rings. The van der Waals surface area contributed by atoms with Gasteiger partial charge in [-0.1, -0.05) is 27.7 Å². The largest absolute Gasteiger partial charge is 0.329 e. The Bertz CT molecular complexity index is 390. The molecule has 5 nitrogen and oxygen atoms in total. The van der Waals surface area contributed by atoms with Gasteiger partial charge < -0.3 is 0 Å². The molecule has 0 bridgehead atoms. The first kappa shape index (κ1) is 16.7. The molecule has 0 atom stereocenters. The number of nitrogens with one attached hydrogen (secondary N) is 2. The third-order valence-corrected chi connectivity index (χ3v) is 4.05. The highest BCUT2D eigenvalue weighted by Crippen LogP contribution is 2.37. The van der Waals surface area contributed by atoms with E-state index in [4.69, 9.17) is 5.41 Å². The second kappa shape index (κ2) is 6.37. The van der Waals surface area contributed by atoms with E-state index in [1.54, 1.807) is 7.05 Å². The van der Waals surface area contributed by atoms with Crippen molar-refractivity contribution in [3.8, 4) is 0 Å². The first-order chi connectivity index (χ1) is 9.20. The predicted molar refractivity (Wildman–Crippen MR) is 79.6 cm³/mol. The second-order valence-corrected chi connectivity index (χ2v) is 6.61. The summed E-state index contributed by atoms with van der Waals surface area (Å²) in [7, 11) is 1.56. The molecule has 2 N–H and O–H groups in total. The van der Waals surface area contributed by atoms with Crippen molar-refractivity contribution < 1.29 is 9.59 Å². The highest BCUT2D eigenvalue weighted by molar-refractivity contribution is 6.19. The van der Waals surface area contributed by atoms with Crippen LogP contribution in [0.3, 0.4) is 0 Å². The number of amidine groups is 1. The quantitative estimate of drug-likeness (QED) is 0.785. The summed E-state index contributed by atoms with van der Waals surface area (Å²) in [4.78, 5) is 25.3. The predicted octanol–water partition coefficient (Wildman–Crippen LogP) is 3.00. The number of urea groups is 1. The van der Waals surface area contributed by atoms with E-state index in [2.05, 4.69) is 33.0 Å². The lowest BCUT2D eigenvalue weighted by molar-refractivity contribution is -0.128. The molecule has 1 fully saturated rings. The van der Waals surface area contributed by atoms with Crippen molar-refractivity contribution in [2.24, 2.45) is 17.3 Å². The van der Waals surface area contributed by atoms with E-state index in [9.17, 15) is 9.59 Å². The summed E-state index contributed by atoms with van der Waals surface area (Å²) in [5.41, 5.74) is -0.850. The van der Waals surface area contributed by atoms with Gasteiger partial charge in [-0.3, -0.25) is 20.4 Å². The summed E-state index contributed by atoms with van der Waals surface area (Å²) in [6.07, 6.45) is 2.99. The van der Waals surface area contributed by atoms with Gasteiger partial charge in [0, 0.05) is 7.05 Å². The Balaban J connectivity index is 3.03. The fourth-order valence-corrected chi connectivity index (χ4v) is 2.49. The molecular formula is C15H27N3O2. The van der Waals surface area contributed by atoms with Crippen molar-refractivity contribution in [1.82, 2.24) is 10.2 Å². The maximum atomic E-state index is 12.4. The lowest BCUT2D eigenvalue weighted by Gasteiger charge is -2.41. The van der Waals surface area contributed by atoms with Gasteiger partial charge in [-0.05, 0) is 37.5 Å². The van der Waals surface area contributed by atoms with Crippen molar-refractivity contribution in [1.29, 1.82) is 5.41 Å². The Morgan fingerprint density at radius 2 is 1.55 bits per heavy atom. The Hall–Kier alpha value is -1.39. The standard InChI is InChI=1S/C15H27N3O2/c1-10(2)6-8-15(9-7-11(3)4)12(16)18(5)14(20)17-13(15)19/h10-11,16H,6-9H2,1-5H3,(H,17,19,20). The average Bonchev–Trinajstić information content (AvgIpc) is 2.35. The van der Waals surface area contributed by atoms with Crippen LogP contribution in [0.1, 0.15) is 53.4 Å². The van der Waals surface area contributed by atoms with Gasteiger partial charge in [-0.25, -0.2) is 4.79 Å². The van der Waals surface area contributed by atoms with Gasteiger partial charge in [0.25, 0.3) is 0 Å². The highest BCUT2D eigenvalue weighted by atomic mass is 16.2. The SMILES string of the molecule is CC(C)CCC1(CCC(C)C)C(=N)N(C)C(=O)NC1=O. The number of rotatable bonds is 6. The summed E-state index contributed by atoms with van der Waals surface area (Å²) in [5.74, 6) is 0.781. The van der Waals surface area contributed by atoms with Crippen LogP contribution in [0.5, 0.6) is 0 Å². The Morgan fingerprint density at radius 1 is 1.10 bits per heavy atom. The Labute approximate surface area is 121 Å². The summed E-state index contributed by atoms with van der Waals surface area (Å²) >= 11 is 0. The number of hydrogen-bond donors (Lipinski definition) is 2. The fourth-order valence-electron chi connectivity index (χ4n) is 2.49. The van der Waals surface area contributed by atoms with Gasteiger partial charge in [-0.2, -0.15) is 0 Å². The maximum absolute atomic E-state index is 12.4. The number of nitrogens with zero attached hydrogens (tertiary/aromatic N) is 1. The molecule has 1 aliphatic heterocycles. The van der Waals surface area contributed by atoms with Gasteiger partial charge >= 0.3 is 6.03 Å². The van der Waals surface area contributed by atoms with Crippen LogP contribution in [0.25, 0.3) is 0 Å². The molecule has 5 heteroatoms. The van der Waals surface area contributed by atoms with Crippen LogP contribution in [0.4, 0.5) is 4.79 Å². The molecule has 0 aromatic carbocycles. The zero-order valence-corrected chi connectivity index (χ0v) is 13.2. The molecule has 1 saturated heterocycles. The lowest BCUT2D eigenvalue weighted by Crippen LogP contribution is -2.62. The molecule has 0 unspecified atom stereocenters. The molecule has 114 valence electrons. The summed E-state index contributed by atoms with van der Waals surface area (Å²) in [6, 6.07) is -0.496. The van der Waals surface area contributed by atoms with Crippen molar-refractivity contribution >= 4 is 17.8 Å². The van der Waals surface area contributed by atoms with Crippen molar-refractivity contribution in [3.63, 3.8) is 0 Å². The number of amides is 3. The van der Waals surface area contributed by atoms with E-state index in [1.807, 2.05) is 0 Å². The molecule has 0 radical (unpaired) electrons. The van der Waals surface area contributed by atoms with Gasteiger partial charge in [0.1, 0.15) is 11.3 Å². The normalized spacial score (nSPS) is 18.9. The van der Waals surface area contributed by atoms with Crippen LogP contribution < -0.4 is 5.32 Å². The molecule has 0 aromatic heterocycles. The zero-order valence-electron chi connectivity index (χ0n) is 13.2. The fraction of sp³-hybridized carbons (Fsp3) is 0.800. The minimum atomic E-state index is -0.850. The van der Waals surface area contributed by atoms with Crippen molar-refractivity contribution in [2.45, 2.75) is 53.4 Å². The minimum Gasteiger partial charge on any atom is -0.287 e. The van der Waals surface area contributed by atoms with Crippen LogP contribution in [-0.2, 0) is 4.79 Å². The molecule has 0 spiro atoms. The van der Waals surface area contributed by atoms with Gasteiger partial charge in [-0.15, -0.1) is 0 Å². The summed E-state index contributed by atoms with van der Waals surface area (Å²) < 4.78 is 0. The first-order valence-electron chi connectivity index (χ1n) is 7.39. The molecular weight excluding hydrogens is 254 g/mol. The summed E-state index contributed by atoms with van der Waals surface area (Å²) in [5, 5.41) is 10.7. The van der Waals surface area contributed by atoms with Crippen molar-refractivity contribution in [3.05, 3.63) is 0 Å². The number of carbonyl (C=O) groups is 2. The van der Waals surface area contributed by atoms with E-state index < -0.39 is 11.4 Å².